The van der Waals surface area contributed by atoms with E-state index in [4.69, 9.17) is 15.2 Å². The molecule has 7 nitrogen and oxygen atoms in total. The van der Waals surface area contributed by atoms with Crippen LogP contribution in [0.4, 0.5) is 0 Å². The van der Waals surface area contributed by atoms with Crippen molar-refractivity contribution >= 4 is 12.1 Å². The number of aliphatic imine (C=N–C) groups is 1. The van der Waals surface area contributed by atoms with Crippen LogP contribution in [0, 0.1) is 5.92 Å². The van der Waals surface area contributed by atoms with Crippen molar-refractivity contribution in [1.29, 1.82) is 0 Å². The fourth-order valence-electron chi connectivity index (χ4n) is 1.94. The maximum atomic E-state index is 10.8. The molecule has 0 aromatic carbocycles. The summed E-state index contributed by atoms with van der Waals surface area (Å²) in [6.07, 6.45) is -0.834. The molecule has 2 fully saturated rings. The Labute approximate surface area is 98.2 Å². The van der Waals surface area contributed by atoms with Gasteiger partial charge < -0.3 is 25.4 Å². The van der Waals surface area contributed by atoms with Gasteiger partial charge in [-0.1, -0.05) is 0 Å². The Morgan fingerprint density at radius 1 is 1.76 bits per heavy atom. The lowest BCUT2D eigenvalue weighted by atomic mass is 10.0. The van der Waals surface area contributed by atoms with E-state index in [0.29, 0.717) is 0 Å². The summed E-state index contributed by atoms with van der Waals surface area (Å²) in [5.74, 6) is -1.00. The number of ether oxygens (including phenoxy) is 2. The van der Waals surface area contributed by atoms with Crippen molar-refractivity contribution in [1.82, 2.24) is 0 Å². The molecule has 5 atom stereocenters. The molecule has 2 aliphatic rings. The van der Waals surface area contributed by atoms with Gasteiger partial charge in [-0.25, -0.2) is 0 Å². The average molecular weight is 244 g/mol. The van der Waals surface area contributed by atoms with Gasteiger partial charge in [-0.15, -0.1) is 0 Å². The van der Waals surface area contributed by atoms with E-state index in [0.717, 1.165) is 0 Å². The number of aliphatic hydroxyl groups is 2. The molecule has 4 N–H and O–H groups in total. The molecule has 2 saturated heterocycles. The summed E-state index contributed by atoms with van der Waals surface area (Å²) in [7, 11) is 0. The normalized spacial score (nSPS) is 42.2. The summed E-state index contributed by atoms with van der Waals surface area (Å²) < 4.78 is 10.8. The Hall–Kier alpha value is -1.02. The average Bonchev–Trinajstić information content (AvgIpc) is 2.77. The summed E-state index contributed by atoms with van der Waals surface area (Å²) in [4.78, 5) is 14.8. The molecular weight excluding hydrogens is 228 g/mol. The predicted octanol–water partition coefficient (Wildman–Crippen LogP) is -1.97. The third-order valence-corrected chi connectivity index (χ3v) is 3.18. The van der Waals surface area contributed by atoms with Crippen LogP contribution in [0.25, 0.3) is 0 Å². The van der Waals surface area contributed by atoms with Crippen molar-refractivity contribution in [3.63, 3.8) is 0 Å². The van der Waals surface area contributed by atoms with E-state index in [1.165, 1.54) is 6.21 Å². The molecule has 0 saturated carbocycles. The van der Waals surface area contributed by atoms with Gasteiger partial charge in [-0.2, -0.15) is 0 Å². The zero-order valence-electron chi connectivity index (χ0n) is 9.44. The minimum Gasteiger partial charge on any atom is -0.393 e. The van der Waals surface area contributed by atoms with E-state index in [9.17, 15) is 15.0 Å². The fourth-order valence-corrected chi connectivity index (χ4v) is 1.94. The maximum Gasteiger partial charge on any atom is 0.225 e. The number of carbonyl (C=O) groups excluding carboxylic acids is 1. The first-order chi connectivity index (χ1) is 8.00. The maximum absolute atomic E-state index is 10.8. The lowest BCUT2D eigenvalue weighted by Gasteiger charge is -2.26. The lowest BCUT2D eigenvalue weighted by molar-refractivity contribution is -0.157. The number of nitrogens with two attached hydrogens (primary N) is 1. The molecule has 0 aromatic rings. The number of nitrogens with zero attached hydrogens (tertiary/aromatic N) is 1. The van der Waals surface area contributed by atoms with Crippen LogP contribution in [0.3, 0.4) is 0 Å². The van der Waals surface area contributed by atoms with E-state index < -0.39 is 35.9 Å². The minimum absolute atomic E-state index is 0.146. The third-order valence-electron chi connectivity index (χ3n) is 3.18. The van der Waals surface area contributed by atoms with Crippen LogP contribution < -0.4 is 5.73 Å². The molecule has 5 unspecified atom stereocenters. The molecule has 7 heteroatoms. The molecule has 2 heterocycles. The van der Waals surface area contributed by atoms with Crippen molar-refractivity contribution in [2.45, 2.75) is 31.0 Å². The summed E-state index contributed by atoms with van der Waals surface area (Å²) in [6, 6.07) is 0. The first kappa shape index (κ1) is 12.4. The Kier molecular flexibility index (Phi) is 3.17. The number of primary amides is 1. The SMILES string of the molecule is CC(C=NC1OC2(CO)COC1C2O)C(N)=O. The highest BCUT2D eigenvalue weighted by molar-refractivity contribution is 5.91. The molecular formula is C10H16N2O5. The monoisotopic (exact) mass is 244 g/mol. The number of amides is 1. The quantitative estimate of drug-likeness (QED) is 0.496. The van der Waals surface area contributed by atoms with Gasteiger partial charge >= 0.3 is 0 Å². The van der Waals surface area contributed by atoms with Crippen LogP contribution in [0.2, 0.25) is 0 Å². The van der Waals surface area contributed by atoms with Crippen LogP contribution in [-0.2, 0) is 14.3 Å². The molecule has 0 radical (unpaired) electrons. The summed E-state index contributed by atoms with van der Waals surface area (Å²) in [5, 5.41) is 19.1. The molecule has 1 amide bonds. The van der Waals surface area contributed by atoms with Crippen LogP contribution in [0.1, 0.15) is 6.92 Å². The fraction of sp³-hybridized carbons (Fsp3) is 0.800. The third kappa shape index (κ3) is 1.95. The number of hydrogen-bond donors (Lipinski definition) is 3. The highest BCUT2D eigenvalue weighted by atomic mass is 16.6. The van der Waals surface area contributed by atoms with Crippen LogP contribution in [-0.4, -0.2) is 59.6 Å². The zero-order chi connectivity index (χ0) is 12.6. The highest BCUT2D eigenvalue weighted by Gasteiger charge is 2.60. The van der Waals surface area contributed by atoms with Gasteiger partial charge in [0.15, 0.2) is 6.23 Å². The zero-order valence-corrected chi connectivity index (χ0v) is 9.44. The number of aliphatic hydroxyl groups excluding tert-OH is 2. The van der Waals surface area contributed by atoms with Gasteiger partial charge in [0, 0.05) is 6.21 Å². The first-order valence-corrected chi connectivity index (χ1v) is 5.41. The second kappa shape index (κ2) is 4.34. The Bertz CT molecular complexity index is 348. The van der Waals surface area contributed by atoms with Gasteiger partial charge in [0.2, 0.25) is 5.91 Å². The van der Waals surface area contributed by atoms with Crippen molar-refractivity contribution in [2.24, 2.45) is 16.6 Å². The summed E-state index contributed by atoms with van der Waals surface area (Å²) >= 11 is 0. The highest BCUT2D eigenvalue weighted by Crippen LogP contribution is 2.40. The van der Waals surface area contributed by atoms with E-state index in [2.05, 4.69) is 4.99 Å². The molecule has 0 spiro atoms. The van der Waals surface area contributed by atoms with Crippen molar-refractivity contribution in [2.75, 3.05) is 13.2 Å². The van der Waals surface area contributed by atoms with Crippen LogP contribution in [0.15, 0.2) is 4.99 Å². The van der Waals surface area contributed by atoms with E-state index in [1.54, 1.807) is 6.92 Å². The Balaban J connectivity index is 2.04. The Morgan fingerprint density at radius 3 is 3.00 bits per heavy atom. The smallest absolute Gasteiger partial charge is 0.225 e. The van der Waals surface area contributed by atoms with Gasteiger partial charge in [0.05, 0.1) is 19.1 Å². The lowest BCUT2D eigenvalue weighted by Crippen LogP contribution is -2.44. The molecule has 2 aliphatic heterocycles. The van der Waals surface area contributed by atoms with Crippen LogP contribution in [0.5, 0.6) is 0 Å². The number of carbonyl (C=O) groups is 1. The van der Waals surface area contributed by atoms with Gasteiger partial charge in [0.25, 0.3) is 0 Å². The summed E-state index contributed by atoms with van der Waals surface area (Å²) in [6.45, 7) is 1.42. The Morgan fingerprint density at radius 2 is 2.47 bits per heavy atom. The number of hydrogen-bond acceptors (Lipinski definition) is 6. The standard InChI is InChI=1S/C10H16N2O5/c1-5(8(11)15)2-12-9-6-7(14)10(3-13,17-9)4-16-6/h2,5-7,9,13-14H,3-4H2,1H3,(H2,11,15). The van der Waals surface area contributed by atoms with E-state index in [1.807, 2.05) is 0 Å². The molecule has 0 aromatic heterocycles. The van der Waals surface area contributed by atoms with Crippen molar-refractivity contribution in [3.05, 3.63) is 0 Å². The molecule has 17 heavy (non-hydrogen) atoms. The minimum atomic E-state index is -1.08. The molecule has 2 bridgehead atoms. The van der Waals surface area contributed by atoms with Crippen molar-refractivity contribution in [3.8, 4) is 0 Å². The number of rotatable bonds is 4. The summed E-state index contributed by atoms with van der Waals surface area (Å²) in [5.41, 5.74) is 4.00. The largest absolute Gasteiger partial charge is 0.393 e. The van der Waals surface area contributed by atoms with Gasteiger partial charge in [0.1, 0.15) is 17.8 Å². The van der Waals surface area contributed by atoms with Gasteiger partial charge in [-0.3, -0.25) is 9.79 Å². The van der Waals surface area contributed by atoms with Crippen LogP contribution >= 0.6 is 0 Å². The molecule has 0 aliphatic carbocycles. The van der Waals surface area contributed by atoms with E-state index in [-0.39, 0.29) is 13.2 Å². The predicted molar refractivity (Wildman–Crippen MR) is 57.3 cm³/mol. The second-order valence-corrected chi connectivity index (χ2v) is 4.44. The van der Waals surface area contributed by atoms with Crippen molar-refractivity contribution < 1.29 is 24.5 Å². The van der Waals surface area contributed by atoms with E-state index >= 15 is 0 Å². The number of fused-ring (bicyclic) bond motifs is 2. The molecule has 96 valence electrons. The first-order valence-electron chi connectivity index (χ1n) is 5.41. The molecule has 2 rings (SSSR count). The van der Waals surface area contributed by atoms with Gasteiger partial charge in [-0.05, 0) is 6.92 Å². The second-order valence-electron chi connectivity index (χ2n) is 4.44. The topological polar surface area (TPSA) is 114 Å².